The van der Waals surface area contributed by atoms with Crippen LogP contribution in [0.25, 0.3) is 0 Å². The summed E-state index contributed by atoms with van der Waals surface area (Å²) in [5, 5.41) is 2.94. The third-order valence-electron chi connectivity index (χ3n) is 4.69. The van der Waals surface area contributed by atoms with Gasteiger partial charge in [-0.2, -0.15) is 0 Å². The summed E-state index contributed by atoms with van der Waals surface area (Å²) < 4.78 is 13.8. The van der Waals surface area contributed by atoms with Gasteiger partial charge in [-0.15, -0.1) is 0 Å². The van der Waals surface area contributed by atoms with Crippen molar-refractivity contribution in [3.63, 3.8) is 0 Å². The molecule has 130 valence electrons. The van der Waals surface area contributed by atoms with Gasteiger partial charge in [-0.1, -0.05) is 24.3 Å². The standard InChI is InChI=1S/C20H21FN2O2/c1-12-7-8-16(10-17(12)21)23-11-15(9-18(23)24)20(25)22-19-13(2)5-4-6-14(19)3/h4-8,10,15H,9,11H2,1-3H3,(H,22,25)/t15-/m1/s1. The Kier molecular flexibility index (Phi) is 4.57. The summed E-state index contributed by atoms with van der Waals surface area (Å²) in [6, 6.07) is 10.5. The van der Waals surface area contributed by atoms with Crippen LogP contribution < -0.4 is 10.2 Å². The van der Waals surface area contributed by atoms with Crippen molar-refractivity contribution in [2.24, 2.45) is 5.92 Å². The number of halogens is 1. The van der Waals surface area contributed by atoms with Crippen LogP contribution in [0.5, 0.6) is 0 Å². The lowest BCUT2D eigenvalue weighted by Gasteiger charge is -2.18. The Morgan fingerprint density at radius 1 is 1.12 bits per heavy atom. The average Bonchev–Trinajstić information content (AvgIpc) is 2.95. The average molecular weight is 340 g/mol. The number of nitrogens with one attached hydrogen (secondary N) is 1. The molecule has 0 spiro atoms. The SMILES string of the molecule is Cc1ccc(N2C[C@H](C(=O)Nc3c(C)cccc3C)CC2=O)cc1F. The number of benzene rings is 2. The van der Waals surface area contributed by atoms with Crippen molar-refractivity contribution in [3.8, 4) is 0 Å². The predicted molar refractivity (Wildman–Crippen MR) is 96.1 cm³/mol. The fourth-order valence-corrected chi connectivity index (χ4v) is 3.12. The van der Waals surface area contributed by atoms with Crippen LogP contribution >= 0.6 is 0 Å². The molecular weight excluding hydrogens is 319 g/mol. The van der Waals surface area contributed by atoms with Crippen molar-refractivity contribution in [3.05, 3.63) is 58.9 Å². The smallest absolute Gasteiger partial charge is 0.229 e. The lowest BCUT2D eigenvalue weighted by Crippen LogP contribution is -2.28. The van der Waals surface area contributed by atoms with E-state index in [1.165, 1.54) is 11.0 Å². The molecule has 0 aliphatic carbocycles. The van der Waals surface area contributed by atoms with Crippen molar-refractivity contribution < 1.29 is 14.0 Å². The van der Waals surface area contributed by atoms with E-state index < -0.39 is 5.92 Å². The van der Waals surface area contributed by atoms with Gasteiger partial charge in [0.15, 0.2) is 0 Å². The Labute approximate surface area is 146 Å². The maximum Gasteiger partial charge on any atom is 0.229 e. The van der Waals surface area contributed by atoms with E-state index in [1.807, 2.05) is 32.0 Å². The van der Waals surface area contributed by atoms with Crippen molar-refractivity contribution in [2.45, 2.75) is 27.2 Å². The van der Waals surface area contributed by atoms with Gasteiger partial charge in [0.1, 0.15) is 5.82 Å². The Hall–Kier alpha value is -2.69. The normalized spacial score (nSPS) is 17.0. The second-order valence-corrected chi connectivity index (χ2v) is 6.59. The second-order valence-electron chi connectivity index (χ2n) is 6.59. The van der Waals surface area contributed by atoms with Gasteiger partial charge in [0, 0.05) is 24.3 Å². The maximum atomic E-state index is 13.8. The molecule has 2 aromatic rings. The highest BCUT2D eigenvalue weighted by atomic mass is 19.1. The van der Waals surface area contributed by atoms with E-state index in [-0.39, 0.29) is 30.6 Å². The van der Waals surface area contributed by atoms with Crippen molar-refractivity contribution in [1.82, 2.24) is 0 Å². The number of anilines is 2. The lowest BCUT2D eigenvalue weighted by molar-refractivity contribution is -0.122. The van der Waals surface area contributed by atoms with Gasteiger partial charge in [-0.3, -0.25) is 9.59 Å². The topological polar surface area (TPSA) is 49.4 Å². The number of nitrogens with zero attached hydrogens (tertiary/aromatic N) is 1. The number of hydrogen-bond donors (Lipinski definition) is 1. The van der Waals surface area contributed by atoms with Crippen molar-refractivity contribution >= 4 is 23.2 Å². The minimum atomic E-state index is -0.448. The highest BCUT2D eigenvalue weighted by Crippen LogP contribution is 2.28. The van der Waals surface area contributed by atoms with Gasteiger partial charge in [0.25, 0.3) is 0 Å². The zero-order chi connectivity index (χ0) is 18.1. The number of rotatable bonds is 3. The summed E-state index contributed by atoms with van der Waals surface area (Å²) in [5.74, 6) is -1.14. The molecule has 0 aromatic heterocycles. The summed E-state index contributed by atoms with van der Waals surface area (Å²) in [4.78, 5) is 26.4. The highest BCUT2D eigenvalue weighted by molar-refractivity contribution is 6.03. The minimum Gasteiger partial charge on any atom is -0.325 e. The maximum absolute atomic E-state index is 13.8. The molecule has 1 heterocycles. The molecule has 25 heavy (non-hydrogen) atoms. The van der Waals surface area contributed by atoms with E-state index in [2.05, 4.69) is 5.32 Å². The van der Waals surface area contributed by atoms with Crippen LogP contribution in [0.15, 0.2) is 36.4 Å². The molecule has 1 saturated heterocycles. The molecule has 4 nitrogen and oxygen atoms in total. The van der Waals surface area contributed by atoms with Gasteiger partial charge in [-0.25, -0.2) is 4.39 Å². The molecule has 5 heteroatoms. The number of aryl methyl sites for hydroxylation is 3. The van der Waals surface area contributed by atoms with E-state index in [1.54, 1.807) is 19.1 Å². The van der Waals surface area contributed by atoms with Gasteiger partial charge < -0.3 is 10.2 Å². The summed E-state index contributed by atoms with van der Waals surface area (Å²) >= 11 is 0. The molecule has 0 unspecified atom stereocenters. The van der Waals surface area contributed by atoms with Gasteiger partial charge in [0.2, 0.25) is 11.8 Å². The fourth-order valence-electron chi connectivity index (χ4n) is 3.12. The third kappa shape index (κ3) is 3.40. The molecule has 3 rings (SSSR count). The molecular formula is C20H21FN2O2. The van der Waals surface area contributed by atoms with Gasteiger partial charge in [-0.05, 0) is 49.6 Å². The van der Waals surface area contributed by atoms with Crippen molar-refractivity contribution in [2.75, 3.05) is 16.8 Å². The first kappa shape index (κ1) is 17.1. The highest BCUT2D eigenvalue weighted by Gasteiger charge is 2.35. The zero-order valence-corrected chi connectivity index (χ0v) is 14.6. The summed E-state index contributed by atoms with van der Waals surface area (Å²) in [5.41, 5.74) is 3.78. The second kappa shape index (κ2) is 6.67. The van der Waals surface area contributed by atoms with E-state index in [9.17, 15) is 14.0 Å². The number of amides is 2. The molecule has 0 radical (unpaired) electrons. The first-order valence-electron chi connectivity index (χ1n) is 8.30. The quantitative estimate of drug-likeness (QED) is 0.925. The molecule has 1 aliphatic rings. The first-order valence-corrected chi connectivity index (χ1v) is 8.30. The Morgan fingerprint density at radius 2 is 1.80 bits per heavy atom. The number of hydrogen-bond acceptors (Lipinski definition) is 2. The van der Waals surface area contributed by atoms with E-state index >= 15 is 0 Å². The molecule has 1 atom stereocenters. The molecule has 1 N–H and O–H groups in total. The zero-order valence-electron chi connectivity index (χ0n) is 14.6. The molecule has 0 bridgehead atoms. The summed E-state index contributed by atoms with van der Waals surface area (Å²) in [6.07, 6.45) is 0.131. The molecule has 2 aromatic carbocycles. The van der Waals surface area contributed by atoms with Crippen LogP contribution in [-0.2, 0) is 9.59 Å². The van der Waals surface area contributed by atoms with Crippen LogP contribution in [0.3, 0.4) is 0 Å². The Balaban J connectivity index is 1.75. The summed E-state index contributed by atoms with van der Waals surface area (Å²) in [6.45, 7) is 5.80. The first-order chi connectivity index (χ1) is 11.9. The Morgan fingerprint density at radius 3 is 2.44 bits per heavy atom. The van der Waals surface area contributed by atoms with E-state index in [0.29, 0.717) is 11.3 Å². The van der Waals surface area contributed by atoms with Gasteiger partial charge in [0.05, 0.1) is 5.92 Å². The summed E-state index contributed by atoms with van der Waals surface area (Å²) in [7, 11) is 0. The van der Waals surface area contributed by atoms with Crippen LogP contribution in [0, 0.1) is 32.5 Å². The van der Waals surface area contributed by atoms with Crippen LogP contribution in [0.1, 0.15) is 23.1 Å². The third-order valence-corrected chi connectivity index (χ3v) is 4.69. The van der Waals surface area contributed by atoms with E-state index in [4.69, 9.17) is 0 Å². The number of para-hydroxylation sites is 1. The van der Waals surface area contributed by atoms with Crippen LogP contribution in [0.4, 0.5) is 15.8 Å². The predicted octanol–water partition coefficient (Wildman–Crippen LogP) is 3.74. The molecule has 0 saturated carbocycles. The molecule has 1 aliphatic heterocycles. The largest absolute Gasteiger partial charge is 0.325 e. The van der Waals surface area contributed by atoms with Crippen LogP contribution in [-0.4, -0.2) is 18.4 Å². The molecule has 1 fully saturated rings. The van der Waals surface area contributed by atoms with Crippen molar-refractivity contribution in [1.29, 1.82) is 0 Å². The Bertz CT molecular complexity index is 827. The van der Waals surface area contributed by atoms with Gasteiger partial charge >= 0.3 is 0 Å². The van der Waals surface area contributed by atoms with E-state index in [0.717, 1.165) is 16.8 Å². The molecule has 2 amide bonds. The fraction of sp³-hybridized carbons (Fsp3) is 0.300. The number of carbonyl (C=O) groups excluding carboxylic acids is 2. The number of carbonyl (C=O) groups is 2. The van der Waals surface area contributed by atoms with Crippen LogP contribution in [0.2, 0.25) is 0 Å². The lowest BCUT2D eigenvalue weighted by atomic mass is 10.1. The monoisotopic (exact) mass is 340 g/mol. The minimum absolute atomic E-state index is 0.131.